The number of benzene rings is 1. The molecule has 0 radical (unpaired) electrons. The molecule has 2 saturated heterocycles. The van der Waals surface area contributed by atoms with E-state index in [1.54, 1.807) is 28.9 Å². The van der Waals surface area contributed by atoms with Crippen LogP contribution in [0.25, 0.3) is 0 Å². The maximum atomic E-state index is 12.4. The molecule has 2 aliphatic rings. The first-order chi connectivity index (χ1) is 12.5. The molecular weight excluding hydrogens is 336 g/mol. The Morgan fingerprint density at radius 2 is 1.92 bits per heavy atom. The number of carbonyl (C=O) groups excluding carboxylic acids is 2. The fourth-order valence-corrected chi connectivity index (χ4v) is 3.70. The Hall–Kier alpha value is -2.57. The van der Waals surface area contributed by atoms with Gasteiger partial charge in [-0.3, -0.25) is 14.4 Å². The summed E-state index contributed by atoms with van der Waals surface area (Å²) in [5.41, 5.74) is 0.833. The van der Waals surface area contributed by atoms with Crippen molar-refractivity contribution in [2.24, 2.45) is 5.92 Å². The van der Waals surface area contributed by atoms with Crippen LogP contribution in [0.15, 0.2) is 24.3 Å². The highest BCUT2D eigenvalue weighted by atomic mass is 16.5. The number of hydrogen-bond donors (Lipinski definition) is 1. The number of carboxylic acid groups (broad SMARTS) is 1. The van der Waals surface area contributed by atoms with Crippen LogP contribution in [0.3, 0.4) is 0 Å². The Bertz CT molecular complexity index is 688. The Balaban J connectivity index is 1.56. The third-order valence-electron chi connectivity index (χ3n) is 5.21. The van der Waals surface area contributed by atoms with E-state index in [0.29, 0.717) is 31.6 Å². The van der Waals surface area contributed by atoms with Crippen molar-refractivity contribution < 1.29 is 24.2 Å². The molecule has 140 valence electrons. The molecule has 1 aromatic rings. The first-order valence-electron chi connectivity index (χ1n) is 9.03. The summed E-state index contributed by atoms with van der Waals surface area (Å²) < 4.78 is 5.57. The highest BCUT2D eigenvalue weighted by Gasteiger charge is 2.35. The van der Waals surface area contributed by atoms with E-state index in [1.807, 2.05) is 12.1 Å². The van der Waals surface area contributed by atoms with Crippen molar-refractivity contribution in [1.82, 2.24) is 4.90 Å². The summed E-state index contributed by atoms with van der Waals surface area (Å²) >= 11 is 0. The highest BCUT2D eigenvalue weighted by Crippen LogP contribution is 2.25. The lowest BCUT2D eigenvalue weighted by molar-refractivity contribution is -0.149. The smallest absolute Gasteiger partial charge is 0.308 e. The predicted octanol–water partition coefficient (Wildman–Crippen LogP) is 1.90. The Kier molecular flexibility index (Phi) is 5.44. The van der Waals surface area contributed by atoms with Gasteiger partial charge in [-0.15, -0.1) is 0 Å². The standard InChI is InChI=1S/C19H24N2O5/c1-13-16(19(24)25)4-2-10-20(13)18(23)12-26-15-8-6-14(7-9-15)21-11-3-5-17(21)22/h6-9,13,16H,2-5,10-12H2,1H3,(H,24,25)/t13-,16-/m1/s1. The van der Waals surface area contributed by atoms with Crippen LogP contribution in [0.4, 0.5) is 5.69 Å². The molecule has 0 saturated carbocycles. The van der Waals surface area contributed by atoms with Gasteiger partial charge in [-0.2, -0.15) is 0 Å². The minimum Gasteiger partial charge on any atom is -0.484 e. The van der Waals surface area contributed by atoms with E-state index in [1.165, 1.54) is 0 Å². The number of likely N-dealkylation sites (tertiary alicyclic amines) is 1. The molecule has 0 aromatic heterocycles. The molecule has 2 amide bonds. The molecule has 1 aromatic carbocycles. The van der Waals surface area contributed by atoms with Gasteiger partial charge in [0.2, 0.25) is 5.91 Å². The van der Waals surface area contributed by atoms with Gasteiger partial charge in [0.1, 0.15) is 5.75 Å². The molecule has 2 aliphatic heterocycles. The number of carboxylic acids is 1. The van der Waals surface area contributed by atoms with Crippen molar-refractivity contribution >= 4 is 23.5 Å². The zero-order valence-electron chi connectivity index (χ0n) is 14.9. The van der Waals surface area contributed by atoms with Crippen LogP contribution in [0.5, 0.6) is 5.75 Å². The van der Waals surface area contributed by atoms with Crippen LogP contribution < -0.4 is 9.64 Å². The maximum absolute atomic E-state index is 12.4. The van der Waals surface area contributed by atoms with Crippen LogP contribution >= 0.6 is 0 Å². The quantitative estimate of drug-likeness (QED) is 0.867. The van der Waals surface area contributed by atoms with Crippen LogP contribution in [0, 0.1) is 5.92 Å². The summed E-state index contributed by atoms with van der Waals surface area (Å²) in [5.74, 6) is -0.913. The molecule has 7 heteroatoms. The lowest BCUT2D eigenvalue weighted by Crippen LogP contribution is -2.50. The summed E-state index contributed by atoms with van der Waals surface area (Å²) in [6.07, 6.45) is 2.73. The average Bonchev–Trinajstić information content (AvgIpc) is 3.06. The number of carbonyl (C=O) groups is 3. The second kappa shape index (κ2) is 7.76. The number of nitrogens with zero attached hydrogens (tertiary/aromatic N) is 2. The summed E-state index contributed by atoms with van der Waals surface area (Å²) in [7, 11) is 0. The van der Waals surface area contributed by atoms with Crippen molar-refractivity contribution in [2.75, 3.05) is 24.6 Å². The van der Waals surface area contributed by atoms with Gasteiger partial charge < -0.3 is 19.6 Å². The molecule has 7 nitrogen and oxygen atoms in total. The number of anilines is 1. The molecule has 2 heterocycles. The normalized spacial score (nSPS) is 23.2. The summed E-state index contributed by atoms with van der Waals surface area (Å²) in [4.78, 5) is 38.8. The van der Waals surface area contributed by atoms with E-state index in [0.717, 1.165) is 18.7 Å². The van der Waals surface area contributed by atoms with E-state index < -0.39 is 11.9 Å². The number of ether oxygens (including phenoxy) is 1. The van der Waals surface area contributed by atoms with Crippen molar-refractivity contribution in [3.05, 3.63) is 24.3 Å². The van der Waals surface area contributed by atoms with E-state index in [4.69, 9.17) is 4.74 Å². The van der Waals surface area contributed by atoms with Crippen molar-refractivity contribution in [1.29, 1.82) is 0 Å². The second-order valence-corrected chi connectivity index (χ2v) is 6.85. The number of hydrogen-bond acceptors (Lipinski definition) is 4. The summed E-state index contributed by atoms with van der Waals surface area (Å²) in [5, 5.41) is 9.25. The molecule has 0 spiro atoms. The predicted molar refractivity (Wildman–Crippen MR) is 95.1 cm³/mol. The Labute approximate surface area is 152 Å². The van der Waals surface area contributed by atoms with E-state index in [9.17, 15) is 19.5 Å². The van der Waals surface area contributed by atoms with Gasteiger partial charge in [-0.25, -0.2) is 0 Å². The van der Waals surface area contributed by atoms with Gasteiger partial charge in [0, 0.05) is 31.2 Å². The molecule has 2 fully saturated rings. The summed E-state index contributed by atoms with van der Waals surface area (Å²) in [6, 6.07) is 6.78. The van der Waals surface area contributed by atoms with E-state index >= 15 is 0 Å². The fourth-order valence-electron chi connectivity index (χ4n) is 3.70. The number of amides is 2. The van der Waals surface area contributed by atoms with Crippen LogP contribution in [0.1, 0.15) is 32.6 Å². The second-order valence-electron chi connectivity index (χ2n) is 6.85. The first-order valence-corrected chi connectivity index (χ1v) is 9.03. The molecular formula is C19H24N2O5. The van der Waals surface area contributed by atoms with Gasteiger partial charge in [-0.1, -0.05) is 0 Å². The minimum atomic E-state index is -0.858. The monoisotopic (exact) mass is 360 g/mol. The topological polar surface area (TPSA) is 87.2 Å². The van der Waals surface area contributed by atoms with Gasteiger partial charge in [-0.05, 0) is 50.5 Å². The molecule has 0 aliphatic carbocycles. The lowest BCUT2D eigenvalue weighted by Gasteiger charge is -2.37. The maximum Gasteiger partial charge on any atom is 0.308 e. The third kappa shape index (κ3) is 3.81. The van der Waals surface area contributed by atoms with E-state index in [-0.39, 0.29) is 24.5 Å². The van der Waals surface area contributed by atoms with Crippen LogP contribution in [-0.2, 0) is 14.4 Å². The fraction of sp³-hybridized carbons (Fsp3) is 0.526. The Morgan fingerprint density at radius 1 is 1.19 bits per heavy atom. The molecule has 26 heavy (non-hydrogen) atoms. The van der Waals surface area contributed by atoms with Crippen LogP contribution in [0.2, 0.25) is 0 Å². The van der Waals surface area contributed by atoms with Gasteiger partial charge in [0.25, 0.3) is 5.91 Å². The lowest BCUT2D eigenvalue weighted by atomic mass is 9.90. The molecule has 0 unspecified atom stereocenters. The number of aliphatic carboxylic acids is 1. The highest BCUT2D eigenvalue weighted by molar-refractivity contribution is 5.95. The largest absolute Gasteiger partial charge is 0.484 e. The molecule has 2 atom stereocenters. The average molecular weight is 360 g/mol. The third-order valence-corrected chi connectivity index (χ3v) is 5.21. The van der Waals surface area contributed by atoms with Crippen LogP contribution in [-0.4, -0.2) is 53.5 Å². The van der Waals surface area contributed by atoms with Crippen molar-refractivity contribution in [2.45, 2.75) is 38.6 Å². The zero-order chi connectivity index (χ0) is 18.7. The van der Waals surface area contributed by atoms with Crippen molar-refractivity contribution in [3.8, 4) is 5.75 Å². The molecule has 1 N–H and O–H groups in total. The SMILES string of the molecule is C[C@@H]1[C@H](C(=O)O)CCCN1C(=O)COc1ccc(N2CCCC2=O)cc1. The molecule has 0 bridgehead atoms. The minimum absolute atomic E-state index is 0.126. The van der Waals surface area contributed by atoms with Gasteiger partial charge in [0.15, 0.2) is 6.61 Å². The Morgan fingerprint density at radius 3 is 2.54 bits per heavy atom. The van der Waals surface area contributed by atoms with Gasteiger partial charge in [0.05, 0.1) is 5.92 Å². The molecule has 3 rings (SSSR count). The number of piperidine rings is 1. The summed E-state index contributed by atoms with van der Waals surface area (Å²) in [6.45, 7) is 2.94. The zero-order valence-corrected chi connectivity index (χ0v) is 14.9. The van der Waals surface area contributed by atoms with Crippen molar-refractivity contribution in [3.63, 3.8) is 0 Å². The first kappa shape index (κ1) is 18.2. The number of rotatable bonds is 5. The van der Waals surface area contributed by atoms with E-state index in [2.05, 4.69) is 0 Å². The van der Waals surface area contributed by atoms with Gasteiger partial charge >= 0.3 is 5.97 Å².